The van der Waals surface area contributed by atoms with Crippen molar-refractivity contribution < 1.29 is 62.2 Å². The molecular weight excluding hydrogens is 1020 g/mol. The molecule has 80 heavy (non-hydrogen) atoms. The van der Waals surface area contributed by atoms with Crippen molar-refractivity contribution in [1.29, 1.82) is 0 Å². The van der Waals surface area contributed by atoms with E-state index in [0.717, 1.165) is 84.6 Å². The Morgan fingerprint density at radius 1 is 0.463 bits per heavy atom. The van der Waals surface area contributed by atoms with Gasteiger partial charge in [0, 0.05) is 23.8 Å². The van der Waals surface area contributed by atoms with Crippen molar-refractivity contribution >= 4 is 63.8 Å². The second-order valence-corrected chi connectivity index (χ2v) is 20.3. The molecule has 2 fully saturated rings. The topological polar surface area (TPSA) is 195 Å². The summed E-state index contributed by atoms with van der Waals surface area (Å²) >= 11 is 0. The zero-order valence-electron chi connectivity index (χ0n) is 45.2. The Morgan fingerprint density at radius 3 is 1.36 bits per heavy atom. The van der Waals surface area contributed by atoms with Crippen molar-refractivity contribution in [3.8, 4) is 34.5 Å². The van der Waals surface area contributed by atoms with E-state index in [2.05, 4.69) is 35.0 Å². The highest BCUT2D eigenvalue weighted by Crippen LogP contribution is 2.35. The molecule has 0 saturated heterocycles. The van der Waals surface area contributed by atoms with Crippen LogP contribution in [0.2, 0.25) is 0 Å². The van der Waals surface area contributed by atoms with Gasteiger partial charge in [0.15, 0.2) is 0 Å². The van der Waals surface area contributed by atoms with Crippen LogP contribution in [-0.2, 0) is 28.7 Å². The molecular formula is C65H70N2O13. The van der Waals surface area contributed by atoms with Crippen molar-refractivity contribution in [1.82, 2.24) is 0 Å². The number of aliphatic hydroxyl groups is 1. The molecule has 0 aliphatic heterocycles. The summed E-state index contributed by atoms with van der Waals surface area (Å²) in [5.41, 5.74) is 1.26. The first kappa shape index (κ1) is 58.0. The van der Waals surface area contributed by atoms with E-state index in [9.17, 15) is 24.0 Å². The Morgan fingerprint density at radius 2 is 0.875 bits per heavy atom. The molecule has 0 aromatic heterocycles. The summed E-state index contributed by atoms with van der Waals surface area (Å²) in [7, 11) is 0. The van der Waals surface area contributed by atoms with E-state index in [0.29, 0.717) is 99.7 Å². The molecule has 0 amide bonds. The zero-order chi connectivity index (χ0) is 55.9. The number of ether oxygens (including phenoxy) is 7. The molecule has 15 nitrogen and oxygen atoms in total. The van der Waals surface area contributed by atoms with E-state index >= 15 is 0 Å². The number of fused-ring (bicyclic) bond motifs is 2. The summed E-state index contributed by atoms with van der Waals surface area (Å²) in [6, 6.07) is 36.9. The molecule has 8 rings (SSSR count). The van der Waals surface area contributed by atoms with Gasteiger partial charge in [0.05, 0.1) is 55.9 Å². The van der Waals surface area contributed by atoms with Gasteiger partial charge in [-0.25, -0.2) is 4.79 Å². The van der Waals surface area contributed by atoms with Gasteiger partial charge in [0.1, 0.15) is 34.5 Å². The lowest BCUT2D eigenvalue weighted by Crippen LogP contribution is -2.30. The minimum absolute atomic E-state index is 0.200. The lowest BCUT2D eigenvalue weighted by molar-refractivity contribution is -0.145. The van der Waals surface area contributed by atoms with Crippen LogP contribution in [0.5, 0.6) is 34.5 Å². The first-order valence-corrected chi connectivity index (χ1v) is 28.0. The van der Waals surface area contributed by atoms with Gasteiger partial charge >= 0.3 is 29.8 Å². The van der Waals surface area contributed by atoms with E-state index in [-0.39, 0.29) is 41.9 Å². The van der Waals surface area contributed by atoms with Crippen molar-refractivity contribution in [2.75, 3.05) is 26.4 Å². The predicted octanol–water partition coefficient (Wildman–Crippen LogP) is 12.7. The summed E-state index contributed by atoms with van der Waals surface area (Å²) in [6.45, 7) is 5.06. The van der Waals surface area contributed by atoms with Gasteiger partial charge in [-0.3, -0.25) is 19.2 Å². The van der Waals surface area contributed by atoms with E-state index in [1.165, 1.54) is 6.21 Å². The maximum Gasteiger partial charge on any atom is 0.330 e. The number of esters is 5. The van der Waals surface area contributed by atoms with Gasteiger partial charge in [0.25, 0.3) is 0 Å². The normalized spacial score (nSPS) is 17.2. The van der Waals surface area contributed by atoms with Gasteiger partial charge in [-0.1, -0.05) is 61.5 Å². The number of carbonyl (C=O) groups excluding carboxylic acids is 5. The van der Waals surface area contributed by atoms with Crippen molar-refractivity contribution in [2.24, 2.45) is 33.9 Å². The fourth-order valence-corrected chi connectivity index (χ4v) is 10.0. The van der Waals surface area contributed by atoms with Crippen LogP contribution < -0.4 is 28.4 Å². The van der Waals surface area contributed by atoms with Gasteiger partial charge < -0.3 is 38.3 Å². The Hall–Kier alpha value is -8.17. The van der Waals surface area contributed by atoms with Crippen LogP contribution >= 0.6 is 0 Å². The maximum atomic E-state index is 13.8. The van der Waals surface area contributed by atoms with Gasteiger partial charge in [-0.15, -0.1) is 0 Å². The Kier molecular flexibility index (Phi) is 21.9. The third-order valence-electron chi connectivity index (χ3n) is 14.6. The molecule has 0 heterocycles. The number of benzene rings is 6. The third-order valence-corrected chi connectivity index (χ3v) is 14.6. The van der Waals surface area contributed by atoms with Crippen molar-refractivity contribution in [3.63, 3.8) is 0 Å². The van der Waals surface area contributed by atoms with Crippen LogP contribution in [-0.4, -0.2) is 73.8 Å². The highest BCUT2D eigenvalue weighted by molar-refractivity contribution is 6.13. The summed E-state index contributed by atoms with van der Waals surface area (Å²) in [5.74, 6) is -1.06. The molecule has 0 unspecified atom stereocenters. The van der Waals surface area contributed by atoms with E-state index in [4.69, 9.17) is 38.3 Å². The first-order valence-electron chi connectivity index (χ1n) is 28.0. The highest BCUT2D eigenvalue weighted by Gasteiger charge is 2.34. The standard InChI is InChI=1S/C65H70N2O13/c1-2-61(69)76-40-14-6-5-13-39-75-53-29-33-55(34-30-53)78-63(71)46-23-25-48(26-24-46)65(73)80-60-36-35-56(42-51(60)43-66-67-44-59-57-17-9-7-15-49(57)41-50-16-8-10-18-58(50)59)79-64(72)47-21-19-45(20-22-47)62(70)77-54-31-27-52(28-32-54)74-38-12-4-3-11-37-68/h2,7-10,15-18,27-36,41-48,68H,1,3-6,11-14,19-26,37-40H2/b66-43+,67-44+. The third kappa shape index (κ3) is 17.2. The monoisotopic (exact) mass is 1090 g/mol. The number of rotatable bonds is 27. The van der Waals surface area contributed by atoms with Crippen molar-refractivity contribution in [2.45, 2.75) is 103 Å². The van der Waals surface area contributed by atoms with E-state index in [1.54, 1.807) is 72.9 Å². The molecule has 6 aromatic rings. The maximum absolute atomic E-state index is 13.8. The molecule has 1 N–H and O–H groups in total. The number of hydrogen-bond acceptors (Lipinski definition) is 15. The Bertz CT molecular complexity index is 3050. The lowest BCUT2D eigenvalue weighted by atomic mass is 9.82. The van der Waals surface area contributed by atoms with Crippen LogP contribution in [0.15, 0.2) is 144 Å². The minimum atomic E-state index is -0.471. The van der Waals surface area contributed by atoms with Crippen LogP contribution in [0.4, 0.5) is 0 Å². The van der Waals surface area contributed by atoms with Crippen LogP contribution in [0.1, 0.15) is 114 Å². The molecule has 0 bridgehead atoms. The van der Waals surface area contributed by atoms with E-state index in [1.807, 2.05) is 36.4 Å². The quantitative estimate of drug-likeness (QED) is 0.00974. The highest BCUT2D eigenvalue weighted by atomic mass is 16.6. The molecule has 2 saturated carbocycles. The summed E-state index contributed by atoms with van der Waals surface area (Å²) < 4.78 is 40.1. The van der Waals surface area contributed by atoms with Gasteiger partial charge in [-0.2, -0.15) is 10.2 Å². The molecule has 2 aliphatic carbocycles. The predicted molar refractivity (Wildman–Crippen MR) is 306 cm³/mol. The lowest BCUT2D eigenvalue weighted by Gasteiger charge is -2.26. The molecule has 0 atom stereocenters. The summed E-state index contributed by atoms with van der Waals surface area (Å²) in [4.78, 5) is 65.1. The second-order valence-electron chi connectivity index (χ2n) is 20.3. The first-order chi connectivity index (χ1) is 39.1. The molecule has 0 spiro atoms. The van der Waals surface area contributed by atoms with Crippen LogP contribution in [0, 0.1) is 23.7 Å². The number of aliphatic hydroxyl groups excluding tert-OH is 1. The number of hydrogen-bond donors (Lipinski definition) is 1. The molecule has 2 aliphatic rings. The summed E-state index contributed by atoms with van der Waals surface area (Å²) in [6.07, 6.45) is 14.9. The molecule has 418 valence electrons. The van der Waals surface area contributed by atoms with E-state index < -0.39 is 29.7 Å². The Balaban J connectivity index is 0.848. The SMILES string of the molecule is C=CC(=O)OCCCCCCOc1ccc(OC(=O)C2CCC(C(=O)Oc3ccc(OC(=O)C4CCC(C(=O)Oc5ccc(OCCCCCCO)cc5)CC4)cc3/C=N/N=C/c3c4ccccc4cc4ccccc34)CC2)cc1. The number of carbonyl (C=O) groups is 5. The number of nitrogens with zero attached hydrogens (tertiary/aromatic N) is 2. The average molecular weight is 1090 g/mol. The molecule has 0 radical (unpaired) electrons. The molecule has 6 aromatic carbocycles. The fraction of sp³-hybridized carbons (Fsp3) is 0.369. The van der Waals surface area contributed by atoms with Gasteiger partial charge in [-0.05, 0) is 191 Å². The minimum Gasteiger partial charge on any atom is -0.494 e. The van der Waals surface area contributed by atoms with Crippen LogP contribution in [0.25, 0.3) is 21.5 Å². The Labute approximate surface area is 466 Å². The second kappa shape index (κ2) is 30.3. The fourth-order valence-electron chi connectivity index (χ4n) is 10.0. The summed E-state index contributed by atoms with van der Waals surface area (Å²) in [5, 5.41) is 22.0. The largest absolute Gasteiger partial charge is 0.494 e. The van der Waals surface area contributed by atoms with Crippen LogP contribution in [0.3, 0.4) is 0 Å². The van der Waals surface area contributed by atoms with Crippen molar-refractivity contribution in [3.05, 3.63) is 145 Å². The van der Waals surface area contributed by atoms with Gasteiger partial charge in [0.2, 0.25) is 0 Å². The smallest absolute Gasteiger partial charge is 0.330 e. The molecule has 15 heteroatoms. The number of unbranched alkanes of at least 4 members (excludes halogenated alkanes) is 6. The zero-order valence-corrected chi connectivity index (χ0v) is 45.2. The average Bonchev–Trinajstić information content (AvgIpc) is 3.50.